The Bertz CT molecular complexity index is 703. The third-order valence-corrected chi connectivity index (χ3v) is 4.51. The fraction of sp³-hybridized carbons (Fsp3) is 0.429. The first-order valence-corrected chi connectivity index (χ1v) is 7.96. The summed E-state index contributed by atoms with van der Waals surface area (Å²) in [7, 11) is -3.76. The average Bonchev–Trinajstić information content (AvgIpc) is 2.33. The molecule has 122 valence electrons. The van der Waals surface area contributed by atoms with Gasteiger partial charge in [0.2, 0.25) is 16.1 Å². The standard InChI is InChI=1S/C14H16F3NO3S/c1-13(2,3)18-22(19,20)10-5-6-11-9(8-10)4-7-12(21-11)14(15,16)17/h4-8,12,18H,1-3H3. The number of benzene rings is 1. The van der Waals surface area contributed by atoms with Gasteiger partial charge in [0.1, 0.15) is 5.75 Å². The Morgan fingerprint density at radius 1 is 1.18 bits per heavy atom. The van der Waals surface area contributed by atoms with Crippen LogP contribution in [0.15, 0.2) is 29.2 Å². The maximum Gasteiger partial charge on any atom is 0.429 e. The molecular weight excluding hydrogens is 319 g/mol. The first-order valence-electron chi connectivity index (χ1n) is 6.48. The smallest absolute Gasteiger partial charge is 0.429 e. The van der Waals surface area contributed by atoms with Gasteiger partial charge in [0.05, 0.1) is 4.90 Å². The number of fused-ring (bicyclic) bond motifs is 1. The lowest BCUT2D eigenvalue weighted by molar-refractivity contribution is -0.180. The van der Waals surface area contributed by atoms with E-state index in [1.807, 2.05) is 0 Å². The summed E-state index contributed by atoms with van der Waals surface area (Å²) < 4.78 is 69.5. The van der Waals surface area contributed by atoms with Crippen molar-refractivity contribution in [3.63, 3.8) is 0 Å². The summed E-state index contributed by atoms with van der Waals surface area (Å²) >= 11 is 0. The van der Waals surface area contributed by atoms with Crippen LogP contribution in [0.2, 0.25) is 0 Å². The van der Waals surface area contributed by atoms with E-state index in [9.17, 15) is 21.6 Å². The summed E-state index contributed by atoms with van der Waals surface area (Å²) in [5.41, 5.74) is -0.375. The number of sulfonamides is 1. The minimum absolute atomic E-state index is 0.000432. The van der Waals surface area contributed by atoms with Gasteiger partial charge in [-0.15, -0.1) is 0 Å². The molecule has 0 spiro atoms. The highest BCUT2D eigenvalue weighted by Crippen LogP contribution is 2.34. The third-order valence-electron chi connectivity index (χ3n) is 2.76. The summed E-state index contributed by atoms with van der Waals surface area (Å²) in [5.74, 6) is -0.000432. The topological polar surface area (TPSA) is 55.4 Å². The third kappa shape index (κ3) is 3.80. The Labute approximate surface area is 127 Å². The van der Waals surface area contributed by atoms with E-state index in [0.717, 1.165) is 6.08 Å². The summed E-state index contributed by atoms with van der Waals surface area (Å²) in [6.07, 6.45) is -4.45. The van der Waals surface area contributed by atoms with E-state index < -0.39 is 27.8 Å². The van der Waals surface area contributed by atoms with Crippen LogP contribution in [0.1, 0.15) is 26.3 Å². The zero-order valence-corrected chi connectivity index (χ0v) is 13.0. The second-order valence-electron chi connectivity index (χ2n) is 5.99. The maximum absolute atomic E-state index is 12.6. The normalized spacial score (nSPS) is 18.7. The predicted octanol–water partition coefficient (Wildman–Crippen LogP) is 3.10. The molecule has 1 heterocycles. The number of halogens is 3. The first kappa shape index (κ1) is 16.8. The van der Waals surface area contributed by atoms with Gasteiger partial charge in [-0.05, 0) is 45.0 Å². The largest absolute Gasteiger partial charge is 0.476 e. The van der Waals surface area contributed by atoms with Crippen LogP contribution in [0.3, 0.4) is 0 Å². The van der Waals surface area contributed by atoms with E-state index in [1.54, 1.807) is 20.8 Å². The van der Waals surface area contributed by atoms with E-state index in [-0.39, 0.29) is 16.2 Å². The van der Waals surface area contributed by atoms with Crippen LogP contribution in [0.4, 0.5) is 13.2 Å². The minimum atomic E-state index is -4.51. The van der Waals surface area contributed by atoms with E-state index in [4.69, 9.17) is 4.74 Å². The first-order chi connectivity index (χ1) is 9.88. The number of rotatable bonds is 2. The van der Waals surface area contributed by atoms with Crippen LogP contribution < -0.4 is 9.46 Å². The van der Waals surface area contributed by atoms with Crippen molar-refractivity contribution in [2.24, 2.45) is 0 Å². The Kier molecular flexibility index (Phi) is 4.03. The second-order valence-corrected chi connectivity index (χ2v) is 7.68. The van der Waals surface area contributed by atoms with Crippen molar-refractivity contribution in [1.82, 2.24) is 4.72 Å². The van der Waals surface area contributed by atoms with Gasteiger partial charge >= 0.3 is 6.18 Å². The Balaban J connectivity index is 2.33. The molecule has 1 aromatic carbocycles. The number of ether oxygens (including phenoxy) is 1. The molecule has 0 fully saturated rings. The molecule has 0 amide bonds. The van der Waals surface area contributed by atoms with Crippen molar-refractivity contribution < 1.29 is 26.3 Å². The van der Waals surface area contributed by atoms with Crippen LogP contribution in [0.5, 0.6) is 5.75 Å². The van der Waals surface area contributed by atoms with Gasteiger partial charge in [-0.25, -0.2) is 13.1 Å². The minimum Gasteiger partial charge on any atom is -0.476 e. The molecule has 22 heavy (non-hydrogen) atoms. The molecular formula is C14H16F3NO3S. The van der Waals surface area contributed by atoms with Gasteiger partial charge in [-0.3, -0.25) is 0 Å². The Morgan fingerprint density at radius 2 is 1.82 bits per heavy atom. The predicted molar refractivity (Wildman–Crippen MR) is 76.0 cm³/mol. The average molecular weight is 335 g/mol. The highest BCUT2D eigenvalue weighted by atomic mass is 32.2. The SMILES string of the molecule is CC(C)(C)NS(=O)(=O)c1ccc2c(c1)C=CC(C(F)(F)F)O2. The molecule has 0 bridgehead atoms. The molecule has 0 saturated carbocycles. The molecule has 2 rings (SSSR count). The van der Waals surface area contributed by atoms with Crippen molar-refractivity contribution in [1.29, 1.82) is 0 Å². The van der Waals surface area contributed by atoms with Gasteiger partial charge in [0.25, 0.3) is 0 Å². The monoisotopic (exact) mass is 335 g/mol. The number of hydrogen-bond donors (Lipinski definition) is 1. The lowest BCUT2D eigenvalue weighted by atomic mass is 10.1. The number of alkyl halides is 3. The fourth-order valence-electron chi connectivity index (χ4n) is 1.94. The maximum atomic E-state index is 12.6. The van der Waals surface area contributed by atoms with E-state index >= 15 is 0 Å². The summed E-state index contributed by atoms with van der Waals surface area (Å²) in [4.78, 5) is -0.0279. The molecule has 4 nitrogen and oxygen atoms in total. The molecule has 1 aliphatic rings. The van der Waals surface area contributed by atoms with Crippen LogP contribution in [-0.4, -0.2) is 26.2 Å². The summed E-state index contributed by atoms with van der Waals surface area (Å²) in [6.45, 7) is 5.08. The van der Waals surface area contributed by atoms with E-state index in [2.05, 4.69) is 4.72 Å². The van der Waals surface area contributed by atoms with E-state index in [0.29, 0.717) is 0 Å². The van der Waals surface area contributed by atoms with Crippen molar-refractivity contribution in [3.05, 3.63) is 29.8 Å². The van der Waals surface area contributed by atoms with Gasteiger partial charge < -0.3 is 4.74 Å². The van der Waals surface area contributed by atoms with Crippen LogP contribution in [0, 0.1) is 0 Å². The lowest BCUT2D eigenvalue weighted by Gasteiger charge is -2.24. The van der Waals surface area contributed by atoms with Crippen molar-refractivity contribution >= 4 is 16.1 Å². The lowest BCUT2D eigenvalue weighted by Crippen LogP contribution is -2.40. The molecule has 1 aliphatic heterocycles. The second kappa shape index (κ2) is 5.27. The fourth-order valence-corrected chi connectivity index (χ4v) is 3.39. The molecule has 1 aromatic rings. The number of nitrogens with one attached hydrogen (secondary N) is 1. The summed E-state index contributed by atoms with van der Waals surface area (Å²) in [5, 5.41) is 0. The quantitative estimate of drug-likeness (QED) is 0.903. The van der Waals surface area contributed by atoms with Crippen LogP contribution >= 0.6 is 0 Å². The van der Waals surface area contributed by atoms with Crippen molar-refractivity contribution in [2.75, 3.05) is 0 Å². The molecule has 0 aromatic heterocycles. The van der Waals surface area contributed by atoms with Crippen LogP contribution in [0.25, 0.3) is 6.08 Å². The van der Waals surface area contributed by atoms with Crippen molar-refractivity contribution in [3.8, 4) is 5.75 Å². The number of hydrogen-bond acceptors (Lipinski definition) is 3. The van der Waals surface area contributed by atoms with Gasteiger partial charge in [0.15, 0.2) is 0 Å². The summed E-state index contributed by atoms with van der Waals surface area (Å²) in [6, 6.07) is 3.74. The molecule has 1 atom stereocenters. The Hall–Kier alpha value is -1.54. The highest BCUT2D eigenvalue weighted by molar-refractivity contribution is 7.89. The highest BCUT2D eigenvalue weighted by Gasteiger charge is 2.41. The molecule has 0 saturated heterocycles. The molecule has 1 N–H and O–H groups in total. The Morgan fingerprint density at radius 3 is 2.36 bits per heavy atom. The van der Waals surface area contributed by atoms with E-state index in [1.165, 1.54) is 24.3 Å². The molecule has 0 aliphatic carbocycles. The van der Waals surface area contributed by atoms with Gasteiger partial charge in [0, 0.05) is 11.1 Å². The molecule has 8 heteroatoms. The van der Waals surface area contributed by atoms with Gasteiger partial charge in [-0.1, -0.05) is 6.08 Å². The molecule has 1 unspecified atom stereocenters. The molecule has 0 radical (unpaired) electrons. The van der Waals surface area contributed by atoms with Gasteiger partial charge in [-0.2, -0.15) is 13.2 Å². The van der Waals surface area contributed by atoms with Crippen molar-refractivity contribution in [2.45, 2.75) is 43.5 Å². The zero-order valence-electron chi connectivity index (χ0n) is 12.2. The van der Waals surface area contributed by atoms with Crippen LogP contribution in [-0.2, 0) is 10.0 Å². The zero-order chi connectivity index (χ0) is 16.8.